The Bertz CT molecular complexity index is 895. The number of carbonyl (C=O) groups is 6. The first kappa shape index (κ1) is 88.3. The van der Waals surface area contributed by atoms with E-state index in [9.17, 15) is 59.4 Å². The van der Waals surface area contributed by atoms with E-state index in [2.05, 4.69) is 41.5 Å². The van der Waals surface area contributed by atoms with E-state index in [0.717, 1.165) is 77.0 Å². The normalized spacial score (nSPS) is 9.81. The molecule has 434 valence electrons. The van der Waals surface area contributed by atoms with E-state index in [4.69, 9.17) is 0 Å². The van der Waals surface area contributed by atoms with Gasteiger partial charge in [0.1, 0.15) is 0 Å². The minimum Gasteiger partial charge on any atom is -0.550 e. The van der Waals surface area contributed by atoms with Gasteiger partial charge in [-0.1, -0.05) is 273 Å². The fourth-order valence-electron chi connectivity index (χ4n) is 7.36. The summed E-state index contributed by atoms with van der Waals surface area (Å²) >= 11 is 0. The number of carboxylic acid groups (broad SMARTS) is 6. The van der Waals surface area contributed by atoms with E-state index >= 15 is 0 Å². The molecule has 0 saturated carbocycles. The molecule has 0 N–H and O–H groups in total. The van der Waals surface area contributed by atoms with Crippen LogP contribution in [0.2, 0.25) is 0 Å². The van der Waals surface area contributed by atoms with Gasteiger partial charge in [0.15, 0.2) is 0 Å². The number of aliphatic carboxylic acids is 6. The van der Waals surface area contributed by atoms with Crippen LogP contribution in [-0.2, 0) is 28.8 Å². The van der Waals surface area contributed by atoms with Crippen molar-refractivity contribution in [3.63, 3.8) is 0 Å². The van der Waals surface area contributed by atoms with Crippen molar-refractivity contribution < 1.29 is 59.4 Å². The Balaban J connectivity index is -0.000000117. The molecule has 0 rings (SSSR count). The Morgan fingerprint density at radius 3 is 0.351 bits per heavy atom. The van der Waals surface area contributed by atoms with Crippen LogP contribution in [0, 0.1) is 0 Å². The summed E-state index contributed by atoms with van der Waals surface area (Å²) in [7, 11) is 0. The number of carboxylic acids is 6. The number of rotatable bonds is 48. The molecule has 0 spiro atoms. The average molecular weight is 1160 g/mol. The van der Waals surface area contributed by atoms with Crippen molar-refractivity contribution in [2.24, 2.45) is 0 Å². The van der Waals surface area contributed by atoms with Crippen molar-refractivity contribution >= 4 is 68.7 Å². The number of carbonyl (C=O) groups excluding carboxylic acids is 6. The van der Waals surface area contributed by atoms with Gasteiger partial charge in [0.05, 0.1) is 0 Å². The Kier molecular flexibility index (Phi) is 101. The van der Waals surface area contributed by atoms with Crippen LogP contribution in [0.5, 0.6) is 0 Å². The molecule has 74 heavy (non-hydrogen) atoms. The Morgan fingerprint density at radius 1 is 0.189 bits per heavy atom. The Hall–Kier alpha value is -2.30. The molecule has 0 aliphatic heterocycles. The molecule has 0 aliphatic carbocycles. The van der Waals surface area contributed by atoms with E-state index in [0.29, 0.717) is 0 Å². The first-order valence-electron chi connectivity index (χ1n) is 29.8. The molecular weight excluding hydrogens is 1050 g/mol. The monoisotopic (exact) mass is 1160 g/mol. The molecule has 0 atom stereocenters. The van der Waals surface area contributed by atoms with Gasteiger partial charge >= 0.3 is 32.8 Å². The second kappa shape index (κ2) is 84.6. The molecule has 0 heterocycles. The smallest absolute Gasteiger partial charge is 0.550 e. The topological polar surface area (TPSA) is 241 Å². The van der Waals surface area contributed by atoms with Crippen molar-refractivity contribution in [3.05, 3.63) is 0 Å². The summed E-state index contributed by atoms with van der Waals surface area (Å²) in [6.45, 7) is 13.1. The molecule has 0 aliphatic rings. The predicted molar refractivity (Wildman–Crippen MR) is 297 cm³/mol. The van der Waals surface area contributed by atoms with E-state index in [1.807, 2.05) is 0 Å². The molecule has 14 heteroatoms. The van der Waals surface area contributed by atoms with Gasteiger partial charge in [0.25, 0.3) is 0 Å². The zero-order valence-electron chi connectivity index (χ0n) is 48.9. The fourth-order valence-corrected chi connectivity index (χ4v) is 7.36. The summed E-state index contributed by atoms with van der Waals surface area (Å²) in [4.78, 5) is 60.1. The molecule has 0 aromatic rings. The van der Waals surface area contributed by atoms with Gasteiger partial charge in [-0.15, -0.1) is 0 Å². The van der Waals surface area contributed by atoms with Crippen LogP contribution in [0.25, 0.3) is 0 Å². The molecule has 2 radical (unpaired) electrons. The molecule has 0 aromatic carbocycles. The van der Waals surface area contributed by atoms with E-state index in [1.54, 1.807) is 0 Å². The van der Waals surface area contributed by atoms with Crippen molar-refractivity contribution in [1.29, 1.82) is 0 Å². The van der Waals surface area contributed by atoms with Gasteiger partial charge in [0, 0.05) is 35.8 Å². The van der Waals surface area contributed by atoms with Gasteiger partial charge in [0.2, 0.25) is 0 Å². The van der Waals surface area contributed by atoms with E-state index in [1.165, 1.54) is 193 Å². The van der Waals surface area contributed by atoms with Gasteiger partial charge < -0.3 is 59.4 Å². The third-order valence-corrected chi connectivity index (χ3v) is 11.9. The Labute approximate surface area is 475 Å². The average Bonchev–Trinajstić information content (AvgIpc) is 3.33. The van der Waals surface area contributed by atoms with Gasteiger partial charge in [-0.3, -0.25) is 0 Å². The van der Waals surface area contributed by atoms with Crippen LogP contribution in [0.1, 0.15) is 350 Å². The number of hydrogen-bond acceptors (Lipinski definition) is 12. The van der Waals surface area contributed by atoms with Crippen molar-refractivity contribution in [2.75, 3.05) is 0 Å². The molecule has 12 nitrogen and oxygen atoms in total. The fraction of sp³-hybridized carbons (Fsp3) is 0.900. The first-order valence-corrected chi connectivity index (χ1v) is 29.8. The maximum absolute atomic E-state index is 10.0. The summed E-state index contributed by atoms with van der Waals surface area (Å²) in [5.41, 5.74) is 0. The molecule has 0 bridgehead atoms. The Morgan fingerprint density at radius 2 is 0.270 bits per heavy atom. The van der Waals surface area contributed by atoms with Gasteiger partial charge in [-0.05, 0) is 77.0 Å². The SMILES string of the molecule is CCCCCCCCCC(=O)[O-].CCCCCCCCCC(=O)[O-].CCCCCCCCCC(=O)[O-].CCCCCCCCCC(=O)[O-].CCCCCCCCCC(=O)[O-].CCCCCCCCCC(=O)[O-].[B+3].[Sb+3]. The van der Waals surface area contributed by atoms with Crippen molar-refractivity contribution in [2.45, 2.75) is 350 Å². The zero-order chi connectivity index (χ0) is 55.4. The van der Waals surface area contributed by atoms with Gasteiger partial charge in [-0.25, -0.2) is 0 Å². The molecule has 0 amide bonds. The molecule has 0 saturated heterocycles. The molecular formula is C60H114BO12Sb. The van der Waals surface area contributed by atoms with Crippen LogP contribution in [0.15, 0.2) is 0 Å². The zero-order valence-corrected chi connectivity index (χ0v) is 51.4. The van der Waals surface area contributed by atoms with E-state index < -0.39 is 35.8 Å². The predicted octanol–water partition coefficient (Wildman–Crippen LogP) is 10.5. The number of hydrogen-bond donors (Lipinski definition) is 0. The van der Waals surface area contributed by atoms with Crippen LogP contribution >= 0.6 is 0 Å². The number of unbranched alkanes of at least 4 members (excludes halogenated alkanes) is 36. The molecule has 0 unspecified atom stereocenters. The van der Waals surface area contributed by atoms with Crippen LogP contribution < -0.4 is 30.6 Å². The minimum absolute atomic E-state index is 0. The second-order valence-electron chi connectivity index (χ2n) is 19.5. The first-order chi connectivity index (χ1) is 34.6. The van der Waals surface area contributed by atoms with Crippen molar-refractivity contribution in [3.8, 4) is 0 Å². The standard InChI is InChI=1S/6C10H20O2.B.Sb/c6*1-2-3-4-5-6-7-8-9-10(11)12;;/h6*2-9H2,1H3,(H,11,12);;/q;;;;;;2*+3/p-6. The maximum atomic E-state index is 10.0. The van der Waals surface area contributed by atoms with Crippen LogP contribution in [0.4, 0.5) is 0 Å². The molecule has 0 fully saturated rings. The largest absolute Gasteiger partial charge is 3.00 e. The summed E-state index contributed by atoms with van der Waals surface area (Å²) in [5, 5.41) is 60.1. The van der Waals surface area contributed by atoms with Crippen molar-refractivity contribution in [1.82, 2.24) is 0 Å². The van der Waals surface area contributed by atoms with Crippen LogP contribution in [-0.4, -0.2) is 68.7 Å². The summed E-state index contributed by atoms with van der Waals surface area (Å²) in [6, 6.07) is 0. The third-order valence-electron chi connectivity index (χ3n) is 11.9. The maximum Gasteiger partial charge on any atom is 3.00 e. The third kappa shape index (κ3) is 123. The van der Waals surface area contributed by atoms with Crippen LogP contribution in [0.3, 0.4) is 0 Å². The minimum atomic E-state index is -0.913. The second-order valence-corrected chi connectivity index (χ2v) is 19.5. The summed E-state index contributed by atoms with van der Waals surface area (Å²) in [6.07, 6.45) is 50.1. The molecule has 0 aromatic heterocycles. The summed E-state index contributed by atoms with van der Waals surface area (Å²) in [5.74, 6) is -5.48. The van der Waals surface area contributed by atoms with Gasteiger partial charge in [-0.2, -0.15) is 0 Å². The summed E-state index contributed by atoms with van der Waals surface area (Å²) < 4.78 is 0. The quantitative estimate of drug-likeness (QED) is 0.0408. The van der Waals surface area contributed by atoms with E-state index in [-0.39, 0.29) is 71.4 Å².